The van der Waals surface area contributed by atoms with Gasteiger partial charge in [0.2, 0.25) is 0 Å². The van der Waals surface area contributed by atoms with E-state index < -0.39 is 17.5 Å². The molecule has 2 fully saturated rings. The molecular formula is C17H21F3N2O2. The summed E-state index contributed by atoms with van der Waals surface area (Å²) in [7, 11) is 2.05. The summed E-state index contributed by atoms with van der Waals surface area (Å²) in [4.78, 5) is 16.8. The minimum absolute atomic E-state index is 0.0532. The van der Waals surface area contributed by atoms with Gasteiger partial charge in [0, 0.05) is 19.1 Å². The van der Waals surface area contributed by atoms with Crippen LogP contribution in [-0.2, 0) is 6.18 Å². The van der Waals surface area contributed by atoms with E-state index in [1.165, 1.54) is 0 Å². The van der Waals surface area contributed by atoms with Gasteiger partial charge in [-0.1, -0.05) is 0 Å². The third kappa shape index (κ3) is 3.22. The molecule has 0 saturated carbocycles. The molecular weight excluding hydrogens is 321 g/mol. The fourth-order valence-electron chi connectivity index (χ4n) is 3.88. The number of fused-ring (bicyclic) bond motifs is 1. The number of hydrogen-bond acceptors (Lipinski definition) is 3. The first-order valence-corrected chi connectivity index (χ1v) is 8.17. The summed E-state index contributed by atoms with van der Waals surface area (Å²) in [5.74, 6) is -0.594. The van der Waals surface area contributed by atoms with Gasteiger partial charge in [-0.2, -0.15) is 13.2 Å². The van der Waals surface area contributed by atoms with Gasteiger partial charge in [-0.15, -0.1) is 0 Å². The van der Waals surface area contributed by atoms with E-state index >= 15 is 0 Å². The minimum Gasteiger partial charge on any atom is -0.507 e. The molecule has 0 bridgehead atoms. The van der Waals surface area contributed by atoms with E-state index in [0.717, 1.165) is 44.5 Å². The van der Waals surface area contributed by atoms with Crippen molar-refractivity contribution >= 4 is 5.91 Å². The molecule has 0 spiro atoms. The van der Waals surface area contributed by atoms with E-state index in [1.54, 1.807) is 4.90 Å². The molecule has 2 aliphatic rings. The van der Waals surface area contributed by atoms with Crippen LogP contribution in [0.25, 0.3) is 0 Å². The predicted molar refractivity (Wildman–Crippen MR) is 82.8 cm³/mol. The Bertz CT molecular complexity index is 633. The van der Waals surface area contributed by atoms with Crippen molar-refractivity contribution in [1.29, 1.82) is 0 Å². The lowest BCUT2D eigenvalue weighted by atomic mass is 9.83. The summed E-state index contributed by atoms with van der Waals surface area (Å²) in [5, 5.41) is 9.94. The van der Waals surface area contributed by atoms with Crippen LogP contribution in [0.4, 0.5) is 13.2 Å². The lowest BCUT2D eigenvalue weighted by molar-refractivity contribution is -0.137. The molecule has 1 amide bonds. The van der Waals surface area contributed by atoms with E-state index in [9.17, 15) is 23.1 Å². The SMILES string of the molecule is CN1CC[C@H]2[C@@H](CCCN2C(=O)c2ccc(C(F)(F)F)cc2O)C1. The normalized spacial score (nSPS) is 25.4. The average Bonchev–Trinajstić information content (AvgIpc) is 2.52. The minimum atomic E-state index is -4.54. The molecule has 2 aliphatic heterocycles. The third-order valence-electron chi connectivity index (χ3n) is 5.09. The number of phenols is 1. The number of amides is 1. The van der Waals surface area contributed by atoms with Gasteiger partial charge in [-0.3, -0.25) is 4.79 Å². The number of rotatable bonds is 1. The molecule has 1 aromatic carbocycles. The lowest BCUT2D eigenvalue weighted by Crippen LogP contribution is -2.55. The van der Waals surface area contributed by atoms with E-state index in [0.29, 0.717) is 18.5 Å². The fourth-order valence-corrected chi connectivity index (χ4v) is 3.88. The predicted octanol–water partition coefficient (Wildman–Crippen LogP) is 2.97. The van der Waals surface area contributed by atoms with Crippen molar-refractivity contribution in [2.24, 2.45) is 5.92 Å². The van der Waals surface area contributed by atoms with Gasteiger partial charge in [0.15, 0.2) is 0 Å². The van der Waals surface area contributed by atoms with Crippen LogP contribution in [-0.4, -0.2) is 53.5 Å². The summed E-state index contributed by atoms with van der Waals surface area (Å²) in [5.41, 5.74) is -1.00. The van der Waals surface area contributed by atoms with Crippen molar-refractivity contribution in [2.45, 2.75) is 31.5 Å². The number of likely N-dealkylation sites (tertiary alicyclic amines) is 2. The molecule has 1 N–H and O–H groups in total. The first-order valence-electron chi connectivity index (χ1n) is 8.17. The Hall–Kier alpha value is -1.76. The Balaban J connectivity index is 1.83. The molecule has 2 atom stereocenters. The molecule has 132 valence electrons. The maximum Gasteiger partial charge on any atom is 0.416 e. The molecule has 0 unspecified atom stereocenters. The fraction of sp³-hybridized carbons (Fsp3) is 0.588. The van der Waals surface area contributed by atoms with Gasteiger partial charge in [-0.05, 0) is 57.0 Å². The molecule has 7 heteroatoms. The van der Waals surface area contributed by atoms with Gasteiger partial charge in [0.25, 0.3) is 5.91 Å². The molecule has 0 aromatic heterocycles. The Kier molecular flexibility index (Phi) is 4.46. The van der Waals surface area contributed by atoms with E-state index in [-0.39, 0.29) is 17.5 Å². The van der Waals surface area contributed by atoms with Crippen molar-refractivity contribution in [3.8, 4) is 5.75 Å². The second kappa shape index (κ2) is 6.27. The van der Waals surface area contributed by atoms with Crippen LogP contribution >= 0.6 is 0 Å². The number of piperidine rings is 2. The van der Waals surface area contributed by atoms with Crippen LogP contribution in [0.5, 0.6) is 5.75 Å². The number of carbonyl (C=O) groups is 1. The van der Waals surface area contributed by atoms with Crippen LogP contribution in [0.15, 0.2) is 18.2 Å². The van der Waals surface area contributed by atoms with Crippen molar-refractivity contribution in [1.82, 2.24) is 9.80 Å². The molecule has 2 saturated heterocycles. The number of nitrogens with zero attached hydrogens (tertiary/aromatic N) is 2. The summed E-state index contributed by atoms with van der Waals surface area (Å²) in [6, 6.07) is 2.66. The van der Waals surface area contributed by atoms with Crippen LogP contribution < -0.4 is 0 Å². The first-order chi connectivity index (χ1) is 11.3. The standard InChI is InChI=1S/C17H21F3N2O2/c1-21-8-6-14-11(10-21)3-2-7-22(14)16(24)13-5-4-12(9-15(13)23)17(18,19)20/h4-5,9,11,14,23H,2-3,6-8,10H2,1H3/t11-,14-/m0/s1. The summed E-state index contributed by atoms with van der Waals surface area (Å²) in [6.07, 6.45) is -1.75. The number of halogens is 3. The van der Waals surface area contributed by atoms with Crippen molar-refractivity contribution < 1.29 is 23.1 Å². The summed E-state index contributed by atoms with van der Waals surface area (Å²) in [6.45, 7) is 2.40. The van der Waals surface area contributed by atoms with Gasteiger partial charge >= 0.3 is 6.18 Å². The first kappa shape index (κ1) is 17.1. The number of aromatic hydroxyl groups is 1. The van der Waals surface area contributed by atoms with Crippen molar-refractivity contribution in [3.05, 3.63) is 29.3 Å². The van der Waals surface area contributed by atoms with Crippen LogP contribution in [0.1, 0.15) is 35.2 Å². The highest BCUT2D eigenvalue weighted by molar-refractivity contribution is 5.97. The molecule has 0 radical (unpaired) electrons. The number of alkyl halides is 3. The number of hydrogen-bond donors (Lipinski definition) is 1. The van der Waals surface area contributed by atoms with Gasteiger partial charge in [0.1, 0.15) is 5.75 Å². The number of benzene rings is 1. The van der Waals surface area contributed by atoms with Crippen LogP contribution in [0.2, 0.25) is 0 Å². The maximum absolute atomic E-state index is 12.8. The second-order valence-electron chi connectivity index (χ2n) is 6.75. The van der Waals surface area contributed by atoms with Crippen molar-refractivity contribution in [3.63, 3.8) is 0 Å². The number of carbonyl (C=O) groups excluding carboxylic acids is 1. The molecule has 0 aliphatic carbocycles. The highest BCUT2D eigenvalue weighted by Gasteiger charge is 2.38. The molecule has 4 nitrogen and oxygen atoms in total. The zero-order valence-corrected chi connectivity index (χ0v) is 13.5. The topological polar surface area (TPSA) is 43.8 Å². The van der Waals surface area contributed by atoms with Gasteiger partial charge in [-0.25, -0.2) is 0 Å². The smallest absolute Gasteiger partial charge is 0.416 e. The monoisotopic (exact) mass is 342 g/mol. The Morgan fingerprint density at radius 1 is 1.25 bits per heavy atom. The largest absolute Gasteiger partial charge is 0.507 e. The number of phenolic OH excluding ortho intramolecular Hbond substituents is 1. The summed E-state index contributed by atoms with van der Waals surface area (Å²) >= 11 is 0. The zero-order valence-electron chi connectivity index (χ0n) is 13.5. The Labute approximate surface area is 138 Å². The van der Waals surface area contributed by atoms with Gasteiger partial charge in [0.05, 0.1) is 11.1 Å². The van der Waals surface area contributed by atoms with Crippen LogP contribution in [0.3, 0.4) is 0 Å². The third-order valence-corrected chi connectivity index (χ3v) is 5.09. The van der Waals surface area contributed by atoms with Crippen molar-refractivity contribution in [2.75, 3.05) is 26.7 Å². The average molecular weight is 342 g/mol. The van der Waals surface area contributed by atoms with E-state index in [1.807, 2.05) is 0 Å². The lowest BCUT2D eigenvalue weighted by Gasteiger charge is -2.46. The Morgan fingerprint density at radius 3 is 2.67 bits per heavy atom. The van der Waals surface area contributed by atoms with Crippen LogP contribution in [0, 0.1) is 5.92 Å². The molecule has 3 rings (SSSR count). The second-order valence-corrected chi connectivity index (χ2v) is 6.75. The van der Waals surface area contributed by atoms with Gasteiger partial charge < -0.3 is 14.9 Å². The highest BCUT2D eigenvalue weighted by Crippen LogP contribution is 2.35. The molecule has 1 aromatic rings. The summed E-state index contributed by atoms with van der Waals surface area (Å²) < 4.78 is 38.1. The molecule has 24 heavy (non-hydrogen) atoms. The Morgan fingerprint density at radius 2 is 2.00 bits per heavy atom. The van der Waals surface area contributed by atoms with E-state index in [4.69, 9.17) is 0 Å². The molecule has 2 heterocycles. The van der Waals surface area contributed by atoms with E-state index in [2.05, 4.69) is 11.9 Å². The maximum atomic E-state index is 12.8. The highest BCUT2D eigenvalue weighted by atomic mass is 19.4. The quantitative estimate of drug-likeness (QED) is 0.853. The zero-order chi connectivity index (χ0) is 17.5.